The number of hydrogen-bond acceptors (Lipinski definition) is 2. The predicted octanol–water partition coefficient (Wildman–Crippen LogP) is 4.42. The first kappa shape index (κ1) is 15.5. The second-order valence-corrected chi connectivity index (χ2v) is 6.14. The Kier molecular flexibility index (Phi) is 4.63. The second kappa shape index (κ2) is 6.27. The molecule has 2 rings (SSSR count). The van der Waals surface area contributed by atoms with Crippen LogP contribution in [0.5, 0.6) is 11.5 Å². The minimum Gasteiger partial charge on any atom is -0.457 e. The van der Waals surface area contributed by atoms with Gasteiger partial charge in [0.1, 0.15) is 17.3 Å². The van der Waals surface area contributed by atoms with Gasteiger partial charge in [-0.25, -0.2) is 4.39 Å². The maximum Gasteiger partial charge on any atom is 0.133 e. The maximum atomic E-state index is 13.9. The van der Waals surface area contributed by atoms with E-state index in [4.69, 9.17) is 10.5 Å². The van der Waals surface area contributed by atoms with E-state index in [2.05, 4.69) is 26.8 Å². The fourth-order valence-corrected chi connectivity index (χ4v) is 2.17. The Morgan fingerprint density at radius 3 is 2.48 bits per heavy atom. The summed E-state index contributed by atoms with van der Waals surface area (Å²) in [4.78, 5) is 0. The summed E-state index contributed by atoms with van der Waals surface area (Å²) < 4.78 is 19.8. The quantitative estimate of drug-likeness (QED) is 0.903. The summed E-state index contributed by atoms with van der Waals surface area (Å²) in [5, 5.41) is 0. The molecule has 3 heteroatoms. The molecular formula is C18H22FNO. The van der Waals surface area contributed by atoms with Gasteiger partial charge < -0.3 is 10.5 Å². The summed E-state index contributed by atoms with van der Waals surface area (Å²) in [7, 11) is 0. The Morgan fingerprint density at radius 1 is 1.10 bits per heavy atom. The van der Waals surface area contributed by atoms with Crippen LogP contribution in [0.1, 0.15) is 31.9 Å². The summed E-state index contributed by atoms with van der Waals surface area (Å²) in [6.45, 7) is 6.83. The molecule has 112 valence electrons. The molecule has 0 fully saturated rings. The summed E-state index contributed by atoms with van der Waals surface area (Å²) in [6, 6.07) is 12.8. The highest BCUT2D eigenvalue weighted by atomic mass is 19.1. The van der Waals surface area contributed by atoms with Gasteiger partial charge >= 0.3 is 0 Å². The van der Waals surface area contributed by atoms with E-state index in [0.717, 1.165) is 0 Å². The van der Waals surface area contributed by atoms with Crippen molar-refractivity contribution in [2.24, 2.45) is 5.73 Å². The molecule has 2 aromatic carbocycles. The molecule has 0 aliphatic heterocycles. The molecule has 0 radical (unpaired) electrons. The molecule has 0 aromatic heterocycles. The van der Waals surface area contributed by atoms with Crippen LogP contribution in [0, 0.1) is 5.82 Å². The van der Waals surface area contributed by atoms with E-state index in [0.29, 0.717) is 30.0 Å². The zero-order chi connectivity index (χ0) is 15.5. The molecule has 0 heterocycles. The number of hydrogen-bond donors (Lipinski definition) is 1. The van der Waals surface area contributed by atoms with Gasteiger partial charge in [-0.3, -0.25) is 0 Å². The lowest BCUT2D eigenvalue weighted by molar-refractivity contribution is 0.464. The number of ether oxygens (including phenoxy) is 1. The zero-order valence-corrected chi connectivity index (χ0v) is 12.8. The Bertz CT molecular complexity index is 617. The third kappa shape index (κ3) is 3.82. The first-order chi connectivity index (χ1) is 9.91. The smallest absolute Gasteiger partial charge is 0.133 e. The molecule has 0 amide bonds. The molecule has 0 atom stereocenters. The number of benzene rings is 2. The van der Waals surface area contributed by atoms with Crippen molar-refractivity contribution in [2.45, 2.75) is 32.6 Å². The van der Waals surface area contributed by atoms with Gasteiger partial charge in [-0.15, -0.1) is 0 Å². The topological polar surface area (TPSA) is 35.2 Å². The molecule has 21 heavy (non-hydrogen) atoms. The van der Waals surface area contributed by atoms with E-state index < -0.39 is 0 Å². The van der Waals surface area contributed by atoms with Crippen molar-refractivity contribution in [2.75, 3.05) is 6.54 Å². The van der Waals surface area contributed by atoms with Crippen LogP contribution in [0.4, 0.5) is 4.39 Å². The molecule has 0 saturated heterocycles. The van der Waals surface area contributed by atoms with E-state index in [1.165, 1.54) is 11.6 Å². The number of halogens is 1. The normalized spacial score (nSPS) is 11.5. The van der Waals surface area contributed by atoms with Gasteiger partial charge in [-0.05, 0) is 48.2 Å². The van der Waals surface area contributed by atoms with Gasteiger partial charge in [0.15, 0.2) is 0 Å². The summed E-state index contributed by atoms with van der Waals surface area (Å²) in [6.07, 6.45) is 0.459. The van der Waals surface area contributed by atoms with Gasteiger partial charge in [-0.1, -0.05) is 39.0 Å². The molecule has 0 aliphatic carbocycles. The first-order valence-electron chi connectivity index (χ1n) is 7.17. The van der Waals surface area contributed by atoms with Crippen LogP contribution in [-0.2, 0) is 11.8 Å². The number of nitrogens with two attached hydrogens (primary N) is 1. The van der Waals surface area contributed by atoms with Gasteiger partial charge in [0.2, 0.25) is 0 Å². The van der Waals surface area contributed by atoms with Crippen molar-refractivity contribution in [3.05, 3.63) is 59.4 Å². The van der Waals surface area contributed by atoms with Crippen molar-refractivity contribution in [1.82, 2.24) is 0 Å². The Labute approximate surface area is 125 Å². The van der Waals surface area contributed by atoms with E-state index >= 15 is 0 Å². The average Bonchev–Trinajstić information content (AvgIpc) is 2.42. The van der Waals surface area contributed by atoms with E-state index in [1.807, 2.05) is 18.2 Å². The molecular weight excluding hydrogens is 265 g/mol. The fraction of sp³-hybridized carbons (Fsp3) is 0.333. The van der Waals surface area contributed by atoms with Crippen molar-refractivity contribution in [3.63, 3.8) is 0 Å². The highest BCUT2D eigenvalue weighted by Crippen LogP contribution is 2.31. The van der Waals surface area contributed by atoms with Crippen LogP contribution in [0.3, 0.4) is 0 Å². The largest absolute Gasteiger partial charge is 0.457 e. The van der Waals surface area contributed by atoms with E-state index in [-0.39, 0.29) is 11.2 Å². The third-order valence-corrected chi connectivity index (χ3v) is 3.40. The second-order valence-electron chi connectivity index (χ2n) is 6.14. The predicted molar refractivity (Wildman–Crippen MR) is 84.4 cm³/mol. The van der Waals surface area contributed by atoms with E-state index in [9.17, 15) is 4.39 Å². The van der Waals surface area contributed by atoms with E-state index in [1.54, 1.807) is 12.1 Å². The lowest BCUT2D eigenvalue weighted by Gasteiger charge is -2.20. The first-order valence-corrected chi connectivity index (χ1v) is 7.17. The van der Waals surface area contributed by atoms with Gasteiger partial charge in [-0.2, -0.15) is 0 Å². The third-order valence-electron chi connectivity index (χ3n) is 3.40. The van der Waals surface area contributed by atoms with Gasteiger partial charge in [0, 0.05) is 5.56 Å². The summed E-state index contributed by atoms with van der Waals surface area (Å²) in [5.74, 6) is 0.975. The SMILES string of the molecule is CC(C)(C)c1cccc(Oc2cccc(F)c2CCN)c1. The Hall–Kier alpha value is -1.87. The summed E-state index contributed by atoms with van der Waals surface area (Å²) in [5.41, 5.74) is 7.30. The Balaban J connectivity index is 2.33. The molecule has 0 unspecified atom stereocenters. The average molecular weight is 287 g/mol. The highest BCUT2D eigenvalue weighted by Gasteiger charge is 2.15. The molecule has 0 spiro atoms. The molecule has 2 N–H and O–H groups in total. The lowest BCUT2D eigenvalue weighted by atomic mass is 9.87. The summed E-state index contributed by atoms with van der Waals surface area (Å²) >= 11 is 0. The van der Waals surface area contributed by atoms with Crippen LogP contribution in [-0.4, -0.2) is 6.54 Å². The van der Waals surface area contributed by atoms with Crippen LogP contribution in [0.25, 0.3) is 0 Å². The van der Waals surface area contributed by atoms with Crippen molar-refractivity contribution in [1.29, 1.82) is 0 Å². The standard InChI is InChI=1S/C18H22FNO/c1-18(2,3)13-6-4-7-14(12-13)21-17-9-5-8-16(19)15(17)10-11-20/h4-9,12H,10-11,20H2,1-3H3. The highest BCUT2D eigenvalue weighted by molar-refractivity contribution is 5.41. The maximum absolute atomic E-state index is 13.9. The zero-order valence-electron chi connectivity index (χ0n) is 12.8. The number of rotatable bonds is 4. The fourth-order valence-electron chi connectivity index (χ4n) is 2.17. The minimum atomic E-state index is -0.273. The minimum absolute atomic E-state index is 0.0431. The Morgan fingerprint density at radius 2 is 1.81 bits per heavy atom. The molecule has 0 saturated carbocycles. The van der Waals surface area contributed by atoms with Crippen LogP contribution < -0.4 is 10.5 Å². The van der Waals surface area contributed by atoms with Crippen LogP contribution in [0.2, 0.25) is 0 Å². The molecule has 2 nitrogen and oxygen atoms in total. The van der Waals surface area contributed by atoms with Crippen LogP contribution in [0.15, 0.2) is 42.5 Å². The van der Waals surface area contributed by atoms with Gasteiger partial charge in [0.05, 0.1) is 0 Å². The molecule has 0 aliphatic rings. The monoisotopic (exact) mass is 287 g/mol. The molecule has 0 bridgehead atoms. The van der Waals surface area contributed by atoms with Crippen LogP contribution >= 0.6 is 0 Å². The van der Waals surface area contributed by atoms with Crippen molar-refractivity contribution < 1.29 is 9.13 Å². The van der Waals surface area contributed by atoms with Crippen molar-refractivity contribution in [3.8, 4) is 11.5 Å². The van der Waals surface area contributed by atoms with Gasteiger partial charge in [0.25, 0.3) is 0 Å². The molecule has 2 aromatic rings. The van der Waals surface area contributed by atoms with Crippen molar-refractivity contribution >= 4 is 0 Å². The lowest BCUT2D eigenvalue weighted by Crippen LogP contribution is -2.10.